The van der Waals surface area contributed by atoms with Gasteiger partial charge in [0.05, 0.1) is 14.2 Å². The van der Waals surface area contributed by atoms with Crippen LogP contribution in [0.25, 0.3) is 0 Å². The number of hydrogen-bond acceptors (Lipinski definition) is 6. The van der Waals surface area contributed by atoms with E-state index in [-0.39, 0.29) is 0 Å². The lowest BCUT2D eigenvalue weighted by atomic mass is 10.3. The first-order chi connectivity index (χ1) is 9.41. The number of benzene rings is 1. The van der Waals surface area contributed by atoms with E-state index >= 15 is 0 Å². The lowest BCUT2D eigenvalue weighted by Gasteiger charge is -2.12. The van der Waals surface area contributed by atoms with E-state index in [9.17, 15) is 14.0 Å². The summed E-state index contributed by atoms with van der Waals surface area (Å²) < 4.78 is 47.5. The van der Waals surface area contributed by atoms with Gasteiger partial charge < -0.3 is 9.47 Å². The molecule has 0 N–H and O–H groups in total. The molecular formula is C12H18ClO6S+. The van der Waals surface area contributed by atoms with Crippen LogP contribution >= 0.6 is 0 Å². The summed E-state index contributed by atoms with van der Waals surface area (Å²) in [5.74, 6) is 1.43. The quantitative estimate of drug-likeness (QED) is 0.587. The van der Waals surface area contributed by atoms with E-state index < -0.39 is 21.4 Å². The van der Waals surface area contributed by atoms with Crippen LogP contribution in [-0.2, 0) is 14.9 Å². The maximum atomic E-state index is 10.9. The van der Waals surface area contributed by atoms with E-state index in [0.29, 0.717) is 22.1 Å². The normalized spacial score (nSPS) is 13.1. The van der Waals surface area contributed by atoms with Gasteiger partial charge in [0.25, 0.3) is 8.63 Å². The van der Waals surface area contributed by atoms with Crippen LogP contribution in [0.15, 0.2) is 23.1 Å². The fourth-order valence-electron chi connectivity index (χ4n) is 1.51. The Balaban J connectivity index is 3.09. The molecule has 114 valence electrons. The van der Waals surface area contributed by atoms with Crippen LogP contribution in [0.5, 0.6) is 11.5 Å². The van der Waals surface area contributed by atoms with Crippen LogP contribution in [0, 0.1) is 10.2 Å². The molecule has 0 saturated carbocycles. The zero-order valence-electron chi connectivity index (χ0n) is 11.6. The molecule has 1 aromatic rings. The van der Waals surface area contributed by atoms with E-state index in [1.54, 1.807) is 18.2 Å². The van der Waals surface area contributed by atoms with E-state index in [0.717, 1.165) is 12.8 Å². The van der Waals surface area contributed by atoms with Gasteiger partial charge >= 0.3 is 11.2 Å². The first kappa shape index (κ1) is 17.4. The molecule has 8 heteroatoms. The highest BCUT2D eigenvalue weighted by atomic mass is 35.7. The van der Waals surface area contributed by atoms with Crippen LogP contribution in [-0.4, -0.2) is 20.0 Å². The van der Waals surface area contributed by atoms with Crippen LogP contribution in [0.3, 0.4) is 0 Å². The second-order valence-corrected chi connectivity index (χ2v) is 6.66. The van der Waals surface area contributed by atoms with Crippen molar-refractivity contribution in [3.8, 4) is 11.5 Å². The molecule has 0 heterocycles. The molecule has 0 bridgehead atoms. The Bertz CT molecular complexity index is 423. The van der Waals surface area contributed by atoms with Gasteiger partial charge in [-0.3, -0.25) is 0 Å². The average molecular weight is 326 g/mol. The van der Waals surface area contributed by atoms with Crippen molar-refractivity contribution in [2.75, 3.05) is 20.0 Å². The number of halogens is 1. The molecule has 0 aliphatic carbocycles. The van der Waals surface area contributed by atoms with E-state index in [2.05, 4.69) is 3.74 Å². The topological polar surface area (TPSA) is 96.9 Å². The zero-order chi connectivity index (χ0) is 15.2. The molecule has 0 fully saturated rings. The Morgan fingerprint density at radius 3 is 2.35 bits per heavy atom. The molecule has 0 aromatic heterocycles. The fraction of sp³-hybridized carbons (Fsp3) is 0.500. The van der Waals surface area contributed by atoms with Crippen molar-refractivity contribution in [3.05, 3.63) is 18.2 Å². The maximum absolute atomic E-state index is 10.9. The van der Waals surface area contributed by atoms with Crippen LogP contribution in [0.2, 0.25) is 0 Å². The first-order valence-electron chi connectivity index (χ1n) is 5.95. The molecule has 1 aromatic carbocycles. The molecule has 0 radical (unpaired) electrons. The second-order valence-electron chi connectivity index (χ2n) is 3.86. The minimum absolute atomic E-state index is 0.425. The van der Waals surface area contributed by atoms with Crippen LogP contribution < -0.4 is 23.5 Å². The Hall–Kier alpha value is -0.700. The van der Waals surface area contributed by atoms with Crippen LogP contribution in [0.1, 0.15) is 19.8 Å². The molecule has 6 nitrogen and oxygen atoms in total. The third kappa shape index (κ3) is 5.35. The van der Waals surface area contributed by atoms with Gasteiger partial charge in [-0.25, -0.2) is 0 Å². The summed E-state index contributed by atoms with van der Waals surface area (Å²) in [5, 5.41) is 0. The summed E-state index contributed by atoms with van der Waals surface area (Å²) in [4.78, 5) is 0.507. The van der Waals surface area contributed by atoms with Crippen molar-refractivity contribution in [1.82, 2.24) is 0 Å². The third-order valence-corrected chi connectivity index (χ3v) is 5.15. The number of rotatable bonds is 8. The number of unbranched alkanes of at least 4 members (excludes halogenated alkanes) is 1. The van der Waals surface area contributed by atoms with Gasteiger partial charge in [0, 0.05) is 6.07 Å². The van der Waals surface area contributed by atoms with Crippen LogP contribution in [0.4, 0.5) is 0 Å². The Morgan fingerprint density at radius 2 is 1.85 bits per heavy atom. The summed E-state index contributed by atoms with van der Waals surface area (Å²) >= 11 is -1.20. The van der Waals surface area contributed by atoms with Crippen molar-refractivity contribution in [2.45, 2.75) is 24.7 Å². The highest BCUT2D eigenvalue weighted by Crippen LogP contribution is 2.32. The van der Waals surface area contributed by atoms with Gasteiger partial charge in [-0.15, -0.1) is 0 Å². The Labute approximate surface area is 123 Å². The third-order valence-electron chi connectivity index (χ3n) is 2.45. The lowest BCUT2D eigenvalue weighted by Crippen LogP contribution is -2.61. The average Bonchev–Trinajstić information content (AvgIpc) is 2.41. The van der Waals surface area contributed by atoms with Crippen molar-refractivity contribution >= 4 is 11.2 Å². The Morgan fingerprint density at radius 1 is 1.15 bits per heavy atom. The van der Waals surface area contributed by atoms with Crippen molar-refractivity contribution in [1.29, 1.82) is 0 Å². The minimum atomic E-state index is -4.50. The Kier molecular flexibility index (Phi) is 6.87. The zero-order valence-corrected chi connectivity index (χ0v) is 13.2. The standard InChI is InChI=1S/C12H18ClO6S/c1-4-5-8-20(19-13(14,15)16)12-9-10(17-2)6-7-11(12)18-3/h6-7,9H,4-5,8H2,1-3H3/q+1. The molecule has 0 saturated heterocycles. The summed E-state index contributed by atoms with van der Waals surface area (Å²) in [7, 11) is -1.53. The number of ether oxygens (including phenoxy) is 2. The summed E-state index contributed by atoms with van der Waals surface area (Å²) in [6.07, 6.45) is 1.59. The van der Waals surface area contributed by atoms with E-state index in [1.165, 1.54) is 14.2 Å². The molecule has 0 amide bonds. The SMILES string of the molecule is CCCC[S+](O[Cl+3]([O-])([O-])[O-])c1cc(OC)ccc1OC. The summed E-state index contributed by atoms with van der Waals surface area (Å²) in [6.45, 7) is 1.97. The van der Waals surface area contributed by atoms with Crippen molar-refractivity contribution < 1.29 is 37.4 Å². The predicted molar refractivity (Wildman–Crippen MR) is 66.0 cm³/mol. The first-order valence-corrected chi connectivity index (χ1v) is 8.50. The fourth-order valence-corrected chi connectivity index (χ4v) is 4.17. The van der Waals surface area contributed by atoms with Gasteiger partial charge in [0.2, 0.25) is 0 Å². The molecule has 0 aliphatic heterocycles. The monoisotopic (exact) mass is 325 g/mol. The molecule has 0 aliphatic rings. The van der Waals surface area contributed by atoms with E-state index in [4.69, 9.17) is 9.47 Å². The van der Waals surface area contributed by atoms with Gasteiger partial charge in [0.15, 0.2) is 11.5 Å². The lowest BCUT2D eigenvalue weighted by molar-refractivity contribution is -1.91. The molecule has 1 rings (SSSR count). The van der Waals surface area contributed by atoms with Gasteiger partial charge in [-0.05, 0) is 18.6 Å². The maximum Gasteiger partial charge on any atom is 0.357 e. The number of hydrogen-bond donors (Lipinski definition) is 0. The van der Waals surface area contributed by atoms with Gasteiger partial charge in [-0.2, -0.15) is 14.0 Å². The smallest absolute Gasteiger partial charge is 0.357 e. The summed E-state index contributed by atoms with van der Waals surface area (Å²) in [5.41, 5.74) is 0. The van der Waals surface area contributed by atoms with Gasteiger partial charge in [-0.1, -0.05) is 13.3 Å². The van der Waals surface area contributed by atoms with Gasteiger partial charge in [0.1, 0.15) is 16.0 Å². The highest BCUT2D eigenvalue weighted by molar-refractivity contribution is 7.92. The molecule has 1 unspecified atom stereocenters. The molecule has 20 heavy (non-hydrogen) atoms. The predicted octanol–water partition coefficient (Wildman–Crippen LogP) is -0.690. The highest BCUT2D eigenvalue weighted by Gasteiger charge is 2.44. The number of methoxy groups -OCH3 is 2. The summed E-state index contributed by atoms with van der Waals surface area (Å²) in [6, 6.07) is 4.96. The molecule has 1 atom stereocenters. The molecular weight excluding hydrogens is 308 g/mol. The van der Waals surface area contributed by atoms with Crippen molar-refractivity contribution in [2.24, 2.45) is 0 Å². The second kappa shape index (κ2) is 7.92. The van der Waals surface area contributed by atoms with E-state index in [1.807, 2.05) is 6.92 Å². The van der Waals surface area contributed by atoms with Crippen molar-refractivity contribution in [3.63, 3.8) is 0 Å². The minimum Gasteiger partial charge on any atom is -0.497 e. The molecule has 0 spiro atoms. The largest absolute Gasteiger partial charge is 0.497 e.